The highest BCUT2D eigenvalue weighted by molar-refractivity contribution is 5.31. The molecule has 21 heavy (non-hydrogen) atoms. The first-order valence-electron chi connectivity index (χ1n) is 7.39. The minimum Gasteiger partial charge on any atom is -0.329 e. The van der Waals surface area contributed by atoms with Crippen LogP contribution in [0.4, 0.5) is 4.39 Å². The topological polar surface area (TPSA) is 43.8 Å². The first kappa shape index (κ1) is 15.7. The number of nitrogens with zero attached hydrogens (tertiary/aromatic N) is 2. The largest absolute Gasteiger partial charge is 0.329 e. The zero-order chi connectivity index (χ0) is 15.6. The zero-order valence-corrected chi connectivity index (χ0v) is 13.2. The van der Waals surface area contributed by atoms with Crippen molar-refractivity contribution in [3.63, 3.8) is 0 Å². The number of aromatic nitrogens is 2. The molecule has 2 rings (SSSR count). The molecule has 2 aromatic rings. The van der Waals surface area contributed by atoms with Crippen LogP contribution in [0.1, 0.15) is 48.7 Å². The summed E-state index contributed by atoms with van der Waals surface area (Å²) in [5, 5.41) is 0. The fourth-order valence-electron chi connectivity index (χ4n) is 2.72. The summed E-state index contributed by atoms with van der Waals surface area (Å²) in [5.41, 5.74) is 9.72. The van der Waals surface area contributed by atoms with Crippen molar-refractivity contribution in [2.45, 2.75) is 46.7 Å². The lowest BCUT2D eigenvalue weighted by molar-refractivity contribution is 0.488. The van der Waals surface area contributed by atoms with E-state index in [0.29, 0.717) is 23.6 Å². The lowest BCUT2D eigenvalue weighted by Gasteiger charge is -2.17. The van der Waals surface area contributed by atoms with Crippen molar-refractivity contribution in [3.05, 3.63) is 52.9 Å². The van der Waals surface area contributed by atoms with E-state index in [4.69, 9.17) is 5.73 Å². The third kappa shape index (κ3) is 3.70. The minimum atomic E-state index is -0.124. The second kappa shape index (κ2) is 6.39. The van der Waals surface area contributed by atoms with Gasteiger partial charge in [-0.2, -0.15) is 0 Å². The number of halogens is 1. The van der Waals surface area contributed by atoms with Crippen molar-refractivity contribution < 1.29 is 4.39 Å². The molecule has 1 aromatic carbocycles. The number of rotatable bonds is 5. The molecule has 0 spiro atoms. The van der Waals surface area contributed by atoms with Gasteiger partial charge < -0.3 is 10.3 Å². The molecule has 1 atom stereocenters. The molecule has 1 aromatic heterocycles. The highest BCUT2D eigenvalue weighted by Gasteiger charge is 2.14. The highest BCUT2D eigenvalue weighted by Crippen LogP contribution is 2.21. The highest BCUT2D eigenvalue weighted by atomic mass is 19.1. The van der Waals surface area contributed by atoms with E-state index < -0.39 is 0 Å². The fraction of sp³-hybridized carbons (Fsp3) is 0.471. The van der Waals surface area contributed by atoms with E-state index in [1.54, 1.807) is 20.2 Å². The van der Waals surface area contributed by atoms with Crippen LogP contribution in [0.25, 0.3) is 0 Å². The van der Waals surface area contributed by atoms with Crippen LogP contribution in [0.15, 0.2) is 24.7 Å². The number of hydrogen-bond donors (Lipinski definition) is 1. The van der Waals surface area contributed by atoms with Crippen molar-refractivity contribution in [2.24, 2.45) is 11.7 Å². The third-order valence-corrected chi connectivity index (χ3v) is 3.70. The van der Waals surface area contributed by atoms with Crippen LogP contribution in [0.2, 0.25) is 0 Å². The van der Waals surface area contributed by atoms with Gasteiger partial charge in [-0.15, -0.1) is 0 Å². The molecule has 1 heterocycles. The van der Waals surface area contributed by atoms with Gasteiger partial charge in [-0.1, -0.05) is 26.0 Å². The Morgan fingerprint density at radius 3 is 2.43 bits per heavy atom. The molecule has 0 bridgehead atoms. The predicted octanol–water partition coefficient (Wildman–Crippen LogP) is 3.73. The smallest absolute Gasteiger partial charge is 0.129 e. The number of hydrogen-bond acceptors (Lipinski definition) is 2. The summed E-state index contributed by atoms with van der Waals surface area (Å²) in [6, 6.07) is 3.76. The second-order valence-corrected chi connectivity index (χ2v) is 6.23. The molecule has 1 unspecified atom stereocenters. The summed E-state index contributed by atoms with van der Waals surface area (Å²) in [7, 11) is 0. The van der Waals surface area contributed by atoms with Gasteiger partial charge in [-0.3, -0.25) is 0 Å². The van der Waals surface area contributed by atoms with E-state index in [9.17, 15) is 4.39 Å². The first-order valence-corrected chi connectivity index (χ1v) is 7.39. The van der Waals surface area contributed by atoms with Crippen molar-refractivity contribution in [3.8, 4) is 0 Å². The molecule has 114 valence electrons. The summed E-state index contributed by atoms with van der Waals surface area (Å²) in [6.07, 6.45) is 4.55. The second-order valence-electron chi connectivity index (χ2n) is 6.23. The van der Waals surface area contributed by atoms with Crippen LogP contribution in [-0.4, -0.2) is 9.55 Å². The van der Waals surface area contributed by atoms with Crippen molar-refractivity contribution >= 4 is 0 Å². The maximum atomic E-state index is 13.7. The Morgan fingerprint density at radius 2 is 1.86 bits per heavy atom. The molecular weight excluding hydrogens is 265 g/mol. The number of benzene rings is 1. The van der Waals surface area contributed by atoms with Crippen molar-refractivity contribution in [2.75, 3.05) is 0 Å². The van der Waals surface area contributed by atoms with Gasteiger partial charge in [-0.25, -0.2) is 9.37 Å². The molecule has 0 aliphatic carbocycles. The van der Waals surface area contributed by atoms with Gasteiger partial charge >= 0.3 is 0 Å². The summed E-state index contributed by atoms with van der Waals surface area (Å²) in [5.74, 6) is 0.416. The Hall–Kier alpha value is -1.68. The Labute approximate surface area is 126 Å². The lowest BCUT2D eigenvalue weighted by atomic mass is 10.0. The number of nitrogens with two attached hydrogens (primary N) is 1. The lowest BCUT2D eigenvalue weighted by Crippen LogP contribution is -2.17. The van der Waals surface area contributed by atoms with E-state index >= 15 is 0 Å². The standard InChI is InChI=1S/C17H24FN3/c1-11(2)5-15(19)16-8-20-10-21(16)9-14-6-12(3)17(18)13(4)7-14/h6-8,10-11,15H,5,9,19H2,1-4H3. The maximum absolute atomic E-state index is 13.7. The third-order valence-electron chi connectivity index (χ3n) is 3.70. The summed E-state index contributed by atoms with van der Waals surface area (Å²) < 4.78 is 15.8. The maximum Gasteiger partial charge on any atom is 0.129 e. The average molecular weight is 289 g/mol. The first-order chi connectivity index (χ1) is 9.88. The van der Waals surface area contributed by atoms with E-state index in [1.807, 2.05) is 18.3 Å². The van der Waals surface area contributed by atoms with Gasteiger partial charge in [0.25, 0.3) is 0 Å². The molecule has 0 saturated heterocycles. The van der Waals surface area contributed by atoms with Gasteiger partial charge in [0.15, 0.2) is 0 Å². The van der Waals surface area contributed by atoms with Crippen LogP contribution in [0.5, 0.6) is 0 Å². The number of aryl methyl sites for hydroxylation is 2. The molecule has 0 saturated carbocycles. The Kier molecular flexibility index (Phi) is 4.78. The van der Waals surface area contributed by atoms with Gasteiger partial charge in [0.1, 0.15) is 5.82 Å². The Balaban J connectivity index is 2.23. The molecule has 0 amide bonds. The van der Waals surface area contributed by atoms with Crippen LogP contribution in [-0.2, 0) is 6.54 Å². The van der Waals surface area contributed by atoms with E-state index in [1.165, 1.54) is 0 Å². The van der Waals surface area contributed by atoms with Gasteiger partial charge in [-0.05, 0) is 42.9 Å². The van der Waals surface area contributed by atoms with E-state index in [2.05, 4.69) is 23.4 Å². The van der Waals surface area contributed by atoms with Crippen LogP contribution in [0.3, 0.4) is 0 Å². The summed E-state index contributed by atoms with van der Waals surface area (Å²) in [4.78, 5) is 4.22. The fourth-order valence-corrected chi connectivity index (χ4v) is 2.72. The monoisotopic (exact) mass is 289 g/mol. The molecular formula is C17H24FN3. The van der Waals surface area contributed by atoms with Crippen LogP contribution >= 0.6 is 0 Å². The summed E-state index contributed by atoms with van der Waals surface area (Å²) >= 11 is 0. The SMILES string of the molecule is Cc1cc(Cn2cncc2C(N)CC(C)C)cc(C)c1F. The Bertz CT molecular complexity index is 593. The predicted molar refractivity (Wildman–Crippen MR) is 83.6 cm³/mol. The van der Waals surface area contributed by atoms with Crippen molar-refractivity contribution in [1.82, 2.24) is 9.55 Å². The van der Waals surface area contributed by atoms with Gasteiger partial charge in [0.05, 0.1) is 12.0 Å². The number of imidazole rings is 1. The van der Waals surface area contributed by atoms with Gasteiger partial charge in [0.2, 0.25) is 0 Å². The molecule has 2 N–H and O–H groups in total. The molecule has 3 nitrogen and oxygen atoms in total. The molecule has 0 aliphatic rings. The zero-order valence-electron chi connectivity index (χ0n) is 13.2. The van der Waals surface area contributed by atoms with Crippen LogP contribution in [0, 0.1) is 25.6 Å². The van der Waals surface area contributed by atoms with Gasteiger partial charge in [0, 0.05) is 18.8 Å². The Morgan fingerprint density at radius 1 is 1.24 bits per heavy atom. The molecule has 0 radical (unpaired) electrons. The molecule has 0 aliphatic heterocycles. The average Bonchev–Trinajstić information content (AvgIpc) is 2.83. The van der Waals surface area contributed by atoms with Crippen LogP contribution < -0.4 is 5.73 Å². The van der Waals surface area contributed by atoms with Crippen molar-refractivity contribution in [1.29, 1.82) is 0 Å². The van der Waals surface area contributed by atoms with E-state index in [0.717, 1.165) is 17.7 Å². The van der Waals surface area contributed by atoms with E-state index in [-0.39, 0.29) is 11.9 Å². The quantitative estimate of drug-likeness (QED) is 0.911. The summed E-state index contributed by atoms with van der Waals surface area (Å²) in [6.45, 7) is 8.58. The normalized spacial score (nSPS) is 12.9. The molecule has 4 heteroatoms. The molecule has 0 fully saturated rings. The minimum absolute atomic E-state index is 0.0184.